The minimum absolute atomic E-state index is 0.00504. The first-order valence-electron chi connectivity index (χ1n) is 6.72. The summed E-state index contributed by atoms with van der Waals surface area (Å²) in [6.07, 6.45) is 2.79. The monoisotopic (exact) mass is 259 g/mol. The summed E-state index contributed by atoms with van der Waals surface area (Å²) in [7, 11) is 0. The van der Waals surface area contributed by atoms with Crippen LogP contribution in [-0.4, -0.2) is 17.7 Å². The molecule has 19 heavy (non-hydrogen) atoms. The third-order valence-electron chi connectivity index (χ3n) is 3.32. The van der Waals surface area contributed by atoms with E-state index in [1.807, 2.05) is 19.1 Å². The molecule has 102 valence electrons. The van der Waals surface area contributed by atoms with Crippen LogP contribution < -0.4 is 11.3 Å². The SMILES string of the molecule is CCOC(CC)C(NN)c1ccc2ncccc2c1. The van der Waals surface area contributed by atoms with Crippen LogP contribution in [0.5, 0.6) is 0 Å². The maximum Gasteiger partial charge on any atom is 0.0779 e. The van der Waals surface area contributed by atoms with E-state index in [2.05, 4.69) is 35.5 Å². The molecule has 4 heteroatoms. The quantitative estimate of drug-likeness (QED) is 0.618. The van der Waals surface area contributed by atoms with Gasteiger partial charge in [-0.25, -0.2) is 0 Å². The second kappa shape index (κ2) is 6.61. The smallest absolute Gasteiger partial charge is 0.0779 e. The van der Waals surface area contributed by atoms with Crippen LogP contribution in [-0.2, 0) is 4.74 Å². The van der Waals surface area contributed by atoms with Crippen LogP contribution in [0.15, 0.2) is 36.5 Å². The van der Waals surface area contributed by atoms with Gasteiger partial charge in [0, 0.05) is 18.2 Å². The molecule has 0 aliphatic carbocycles. The number of hydrazine groups is 1. The summed E-state index contributed by atoms with van der Waals surface area (Å²) in [5.41, 5.74) is 4.99. The van der Waals surface area contributed by atoms with Gasteiger partial charge in [-0.1, -0.05) is 19.1 Å². The van der Waals surface area contributed by atoms with Gasteiger partial charge in [0.25, 0.3) is 0 Å². The van der Waals surface area contributed by atoms with E-state index < -0.39 is 0 Å². The number of nitrogens with two attached hydrogens (primary N) is 1. The molecule has 0 amide bonds. The van der Waals surface area contributed by atoms with Gasteiger partial charge in [0.15, 0.2) is 0 Å². The molecule has 0 fully saturated rings. The lowest BCUT2D eigenvalue weighted by atomic mass is 9.98. The zero-order chi connectivity index (χ0) is 13.7. The van der Waals surface area contributed by atoms with E-state index >= 15 is 0 Å². The molecule has 3 N–H and O–H groups in total. The topological polar surface area (TPSA) is 60.2 Å². The van der Waals surface area contributed by atoms with Crippen LogP contribution in [0.4, 0.5) is 0 Å². The number of benzene rings is 1. The minimum atomic E-state index is -0.00504. The van der Waals surface area contributed by atoms with Crippen LogP contribution in [0.25, 0.3) is 10.9 Å². The molecule has 1 heterocycles. The zero-order valence-electron chi connectivity index (χ0n) is 11.5. The molecule has 0 saturated carbocycles. The molecule has 1 aromatic heterocycles. The van der Waals surface area contributed by atoms with Crippen LogP contribution in [0.1, 0.15) is 31.9 Å². The third kappa shape index (κ3) is 3.10. The highest BCUT2D eigenvalue weighted by Gasteiger charge is 2.21. The molecule has 0 bridgehead atoms. The highest BCUT2D eigenvalue weighted by atomic mass is 16.5. The van der Waals surface area contributed by atoms with E-state index in [0.717, 1.165) is 22.9 Å². The largest absolute Gasteiger partial charge is 0.376 e. The Hall–Kier alpha value is -1.49. The lowest BCUT2D eigenvalue weighted by Gasteiger charge is -2.26. The molecule has 2 unspecified atom stereocenters. The normalized spacial score (nSPS) is 14.5. The molecule has 4 nitrogen and oxygen atoms in total. The molecular weight excluding hydrogens is 238 g/mol. The van der Waals surface area contributed by atoms with Gasteiger partial charge in [0.05, 0.1) is 17.7 Å². The third-order valence-corrected chi connectivity index (χ3v) is 3.32. The molecule has 2 atom stereocenters. The Morgan fingerprint density at radius 1 is 1.32 bits per heavy atom. The van der Waals surface area contributed by atoms with Crippen molar-refractivity contribution in [3.05, 3.63) is 42.1 Å². The van der Waals surface area contributed by atoms with Crippen molar-refractivity contribution in [2.24, 2.45) is 5.84 Å². The lowest BCUT2D eigenvalue weighted by Crippen LogP contribution is -2.37. The van der Waals surface area contributed by atoms with E-state index in [9.17, 15) is 0 Å². The maximum atomic E-state index is 5.75. The minimum Gasteiger partial charge on any atom is -0.376 e. The number of pyridine rings is 1. The van der Waals surface area contributed by atoms with E-state index in [-0.39, 0.29) is 12.1 Å². The summed E-state index contributed by atoms with van der Waals surface area (Å²) in [6.45, 7) is 4.79. The summed E-state index contributed by atoms with van der Waals surface area (Å²) >= 11 is 0. The lowest BCUT2D eigenvalue weighted by molar-refractivity contribution is 0.0314. The number of fused-ring (bicyclic) bond motifs is 1. The average molecular weight is 259 g/mol. The summed E-state index contributed by atoms with van der Waals surface area (Å²) in [4.78, 5) is 4.33. The Morgan fingerprint density at radius 2 is 2.16 bits per heavy atom. The van der Waals surface area contributed by atoms with Crippen LogP contribution in [0.3, 0.4) is 0 Å². The fourth-order valence-corrected chi connectivity index (χ4v) is 2.37. The van der Waals surface area contributed by atoms with Gasteiger partial charge < -0.3 is 4.74 Å². The Bertz CT molecular complexity index is 530. The summed E-state index contributed by atoms with van der Waals surface area (Å²) in [5, 5.41) is 1.12. The van der Waals surface area contributed by atoms with Crippen molar-refractivity contribution in [3.8, 4) is 0 Å². The fraction of sp³-hybridized carbons (Fsp3) is 0.400. The first-order valence-corrected chi connectivity index (χ1v) is 6.72. The maximum absolute atomic E-state index is 5.75. The number of rotatable bonds is 6. The highest BCUT2D eigenvalue weighted by Crippen LogP contribution is 2.24. The molecule has 0 aliphatic heterocycles. The number of nitrogens with zero attached hydrogens (tertiary/aromatic N) is 1. The molecule has 0 aliphatic rings. The van der Waals surface area contributed by atoms with Gasteiger partial charge >= 0.3 is 0 Å². The van der Waals surface area contributed by atoms with Gasteiger partial charge in [0.1, 0.15) is 0 Å². The van der Waals surface area contributed by atoms with Gasteiger partial charge in [-0.05, 0) is 37.1 Å². The second-order valence-corrected chi connectivity index (χ2v) is 4.50. The molecule has 2 aromatic rings. The van der Waals surface area contributed by atoms with E-state index in [1.54, 1.807) is 6.20 Å². The first kappa shape index (κ1) is 13.9. The Balaban J connectivity index is 2.34. The van der Waals surface area contributed by atoms with Crippen molar-refractivity contribution in [2.45, 2.75) is 32.4 Å². The van der Waals surface area contributed by atoms with Crippen LogP contribution >= 0.6 is 0 Å². The van der Waals surface area contributed by atoms with Crippen molar-refractivity contribution >= 4 is 10.9 Å². The Labute approximate surface area is 113 Å². The van der Waals surface area contributed by atoms with E-state index in [0.29, 0.717) is 6.61 Å². The predicted octanol–water partition coefficient (Wildman–Crippen LogP) is 2.55. The number of ether oxygens (including phenoxy) is 1. The highest BCUT2D eigenvalue weighted by molar-refractivity contribution is 5.79. The van der Waals surface area contributed by atoms with E-state index in [4.69, 9.17) is 10.6 Å². The predicted molar refractivity (Wildman–Crippen MR) is 77.5 cm³/mol. The molecule has 0 saturated heterocycles. The molecule has 2 rings (SSSR count). The van der Waals surface area contributed by atoms with Crippen molar-refractivity contribution < 1.29 is 4.74 Å². The van der Waals surface area contributed by atoms with Crippen molar-refractivity contribution in [2.75, 3.05) is 6.61 Å². The average Bonchev–Trinajstić information content (AvgIpc) is 2.47. The van der Waals surface area contributed by atoms with Crippen molar-refractivity contribution in [3.63, 3.8) is 0 Å². The summed E-state index contributed by atoms with van der Waals surface area (Å²) in [5.74, 6) is 5.71. The molecule has 0 radical (unpaired) electrons. The number of hydrogen-bond donors (Lipinski definition) is 2. The van der Waals surface area contributed by atoms with Crippen LogP contribution in [0.2, 0.25) is 0 Å². The first-order chi connectivity index (χ1) is 9.30. The standard InChI is InChI=1S/C15H21N3O/c1-3-14(19-4-2)15(18-16)12-7-8-13-11(10-12)6-5-9-17-13/h5-10,14-15,18H,3-4,16H2,1-2H3. The number of aromatic nitrogens is 1. The number of nitrogens with one attached hydrogen (secondary N) is 1. The van der Waals surface area contributed by atoms with Crippen LogP contribution in [0, 0.1) is 0 Å². The second-order valence-electron chi connectivity index (χ2n) is 4.50. The zero-order valence-corrected chi connectivity index (χ0v) is 11.5. The van der Waals surface area contributed by atoms with Gasteiger partial charge in [-0.3, -0.25) is 16.3 Å². The number of hydrogen-bond acceptors (Lipinski definition) is 4. The summed E-state index contributed by atoms with van der Waals surface area (Å²) in [6, 6.07) is 10.2. The van der Waals surface area contributed by atoms with Gasteiger partial charge in [-0.2, -0.15) is 0 Å². The van der Waals surface area contributed by atoms with E-state index in [1.165, 1.54) is 0 Å². The van der Waals surface area contributed by atoms with Crippen molar-refractivity contribution in [1.29, 1.82) is 0 Å². The van der Waals surface area contributed by atoms with Crippen molar-refractivity contribution in [1.82, 2.24) is 10.4 Å². The Morgan fingerprint density at radius 3 is 2.84 bits per heavy atom. The molecule has 1 aromatic carbocycles. The van der Waals surface area contributed by atoms with Gasteiger partial charge in [-0.15, -0.1) is 0 Å². The molecular formula is C15H21N3O. The summed E-state index contributed by atoms with van der Waals surface area (Å²) < 4.78 is 5.75. The Kier molecular flexibility index (Phi) is 4.85. The molecule has 0 spiro atoms. The fourth-order valence-electron chi connectivity index (χ4n) is 2.37. The van der Waals surface area contributed by atoms with Gasteiger partial charge in [0.2, 0.25) is 0 Å².